The van der Waals surface area contributed by atoms with Crippen LogP contribution in [0.2, 0.25) is 5.02 Å². The SMILES string of the molecule is CNc1ccncc1C(=O)N(C)Cc1ccccc1Cl. The van der Waals surface area contributed by atoms with E-state index >= 15 is 0 Å². The molecule has 1 aromatic carbocycles. The first-order valence-corrected chi connectivity index (χ1v) is 6.62. The molecule has 0 atom stereocenters. The number of carbonyl (C=O) groups is 1. The molecule has 1 aromatic heterocycles. The molecule has 0 saturated carbocycles. The first kappa shape index (κ1) is 14.3. The number of nitrogens with zero attached hydrogens (tertiary/aromatic N) is 2. The molecular formula is C15H16ClN3O. The maximum absolute atomic E-state index is 12.4. The monoisotopic (exact) mass is 289 g/mol. The van der Waals surface area contributed by atoms with Crippen LogP contribution in [0.1, 0.15) is 15.9 Å². The minimum absolute atomic E-state index is 0.0950. The maximum atomic E-state index is 12.4. The highest BCUT2D eigenvalue weighted by Gasteiger charge is 2.16. The van der Waals surface area contributed by atoms with Crippen LogP contribution in [0.4, 0.5) is 5.69 Å². The number of halogens is 1. The van der Waals surface area contributed by atoms with Crippen molar-refractivity contribution in [3.05, 3.63) is 58.9 Å². The summed E-state index contributed by atoms with van der Waals surface area (Å²) in [4.78, 5) is 18.1. The molecule has 20 heavy (non-hydrogen) atoms. The van der Waals surface area contributed by atoms with Crippen molar-refractivity contribution in [2.45, 2.75) is 6.54 Å². The summed E-state index contributed by atoms with van der Waals surface area (Å²) in [5, 5.41) is 3.65. The van der Waals surface area contributed by atoms with Gasteiger partial charge in [0.15, 0.2) is 0 Å². The van der Waals surface area contributed by atoms with Crippen LogP contribution >= 0.6 is 11.6 Å². The normalized spacial score (nSPS) is 10.2. The number of hydrogen-bond donors (Lipinski definition) is 1. The number of aromatic nitrogens is 1. The Hall–Kier alpha value is -2.07. The van der Waals surface area contributed by atoms with Crippen LogP contribution < -0.4 is 5.32 Å². The third-order valence-corrected chi connectivity index (χ3v) is 3.40. The lowest BCUT2D eigenvalue weighted by Crippen LogP contribution is -2.27. The summed E-state index contributed by atoms with van der Waals surface area (Å²) in [6.45, 7) is 0.455. The molecule has 1 N–H and O–H groups in total. The second-order valence-corrected chi connectivity index (χ2v) is 4.83. The van der Waals surface area contributed by atoms with Crippen molar-refractivity contribution in [2.75, 3.05) is 19.4 Å². The van der Waals surface area contributed by atoms with Gasteiger partial charge in [0.1, 0.15) is 0 Å². The molecular weight excluding hydrogens is 274 g/mol. The average Bonchev–Trinajstić information content (AvgIpc) is 2.48. The third-order valence-electron chi connectivity index (χ3n) is 3.03. The average molecular weight is 290 g/mol. The van der Waals surface area contributed by atoms with E-state index in [-0.39, 0.29) is 5.91 Å². The summed E-state index contributed by atoms with van der Waals surface area (Å²) in [6, 6.07) is 9.28. The van der Waals surface area contributed by atoms with Gasteiger partial charge in [-0.3, -0.25) is 9.78 Å². The quantitative estimate of drug-likeness (QED) is 0.941. The van der Waals surface area contributed by atoms with Crippen molar-refractivity contribution >= 4 is 23.2 Å². The third kappa shape index (κ3) is 3.08. The number of pyridine rings is 1. The van der Waals surface area contributed by atoms with Gasteiger partial charge in [0.05, 0.1) is 5.56 Å². The van der Waals surface area contributed by atoms with Crippen molar-refractivity contribution in [1.82, 2.24) is 9.88 Å². The fraction of sp³-hybridized carbons (Fsp3) is 0.200. The summed E-state index contributed by atoms with van der Waals surface area (Å²) < 4.78 is 0. The first-order valence-electron chi connectivity index (χ1n) is 6.24. The Kier molecular flexibility index (Phi) is 4.58. The molecule has 0 bridgehead atoms. The van der Waals surface area contributed by atoms with E-state index in [4.69, 9.17) is 11.6 Å². The van der Waals surface area contributed by atoms with Gasteiger partial charge in [-0.15, -0.1) is 0 Å². The lowest BCUT2D eigenvalue weighted by atomic mass is 10.1. The van der Waals surface area contributed by atoms with E-state index in [0.29, 0.717) is 17.1 Å². The van der Waals surface area contributed by atoms with E-state index in [1.807, 2.05) is 24.3 Å². The Labute approximate surface area is 123 Å². The summed E-state index contributed by atoms with van der Waals surface area (Å²) in [5.74, 6) is -0.0950. The van der Waals surface area contributed by atoms with Gasteiger partial charge in [-0.2, -0.15) is 0 Å². The molecule has 104 valence electrons. The maximum Gasteiger partial charge on any atom is 0.257 e. The fourth-order valence-corrected chi connectivity index (χ4v) is 2.14. The Bertz CT molecular complexity index is 616. The zero-order valence-electron chi connectivity index (χ0n) is 11.4. The smallest absolute Gasteiger partial charge is 0.257 e. The zero-order valence-corrected chi connectivity index (χ0v) is 12.2. The van der Waals surface area contributed by atoms with Crippen molar-refractivity contribution in [2.24, 2.45) is 0 Å². The fourth-order valence-electron chi connectivity index (χ4n) is 1.94. The van der Waals surface area contributed by atoms with Crippen LogP contribution in [-0.2, 0) is 6.54 Å². The van der Waals surface area contributed by atoms with Crippen molar-refractivity contribution in [1.29, 1.82) is 0 Å². The van der Waals surface area contributed by atoms with E-state index in [9.17, 15) is 4.79 Å². The van der Waals surface area contributed by atoms with Crippen molar-refractivity contribution < 1.29 is 4.79 Å². The van der Waals surface area contributed by atoms with Crippen LogP contribution in [-0.4, -0.2) is 29.9 Å². The topological polar surface area (TPSA) is 45.2 Å². The van der Waals surface area contributed by atoms with Crippen LogP contribution in [0, 0.1) is 0 Å². The first-order chi connectivity index (χ1) is 9.63. The predicted molar refractivity (Wildman–Crippen MR) is 81.0 cm³/mol. The molecule has 1 heterocycles. The minimum atomic E-state index is -0.0950. The van der Waals surface area contributed by atoms with E-state index in [2.05, 4.69) is 10.3 Å². The highest BCUT2D eigenvalue weighted by molar-refractivity contribution is 6.31. The summed E-state index contributed by atoms with van der Waals surface area (Å²) in [7, 11) is 3.53. The van der Waals surface area contributed by atoms with E-state index < -0.39 is 0 Å². The molecule has 0 unspecified atom stereocenters. The number of rotatable bonds is 4. The van der Waals surface area contributed by atoms with Gasteiger partial charge in [0, 0.05) is 43.7 Å². The Morgan fingerprint density at radius 2 is 2.10 bits per heavy atom. The van der Waals surface area contributed by atoms with Crippen LogP contribution in [0.3, 0.4) is 0 Å². The van der Waals surface area contributed by atoms with Gasteiger partial charge in [-0.1, -0.05) is 29.8 Å². The van der Waals surface area contributed by atoms with Gasteiger partial charge >= 0.3 is 0 Å². The van der Waals surface area contributed by atoms with Gasteiger partial charge in [-0.05, 0) is 17.7 Å². The van der Waals surface area contributed by atoms with E-state index in [1.165, 1.54) is 0 Å². The molecule has 0 fully saturated rings. The lowest BCUT2D eigenvalue weighted by molar-refractivity contribution is 0.0785. The molecule has 2 rings (SSSR count). The lowest BCUT2D eigenvalue weighted by Gasteiger charge is -2.19. The molecule has 0 saturated heterocycles. The van der Waals surface area contributed by atoms with Crippen LogP contribution in [0.15, 0.2) is 42.7 Å². The molecule has 0 aliphatic rings. The number of hydrogen-bond acceptors (Lipinski definition) is 3. The van der Waals surface area contributed by atoms with E-state index in [1.54, 1.807) is 37.5 Å². The molecule has 1 amide bonds. The largest absolute Gasteiger partial charge is 0.387 e. The van der Waals surface area contributed by atoms with Gasteiger partial charge < -0.3 is 10.2 Å². The second-order valence-electron chi connectivity index (χ2n) is 4.42. The number of benzene rings is 1. The highest BCUT2D eigenvalue weighted by atomic mass is 35.5. The number of amides is 1. The van der Waals surface area contributed by atoms with Gasteiger partial charge in [0.25, 0.3) is 5.91 Å². The summed E-state index contributed by atoms with van der Waals surface area (Å²) in [6.07, 6.45) is 3.22. The van der Waals surface area contributed by atoms with Crippen LogP contribution in [0.25, 0.3) is 0 Å². The van der Waals surface area contributed by atoms with Crippen LogP contribution in [0.5, 0.6) is 0 Å². The molecule has 2 aromatic rings. The standard InChI is InChI=1S/C15H16ClN3O/c1-17-14-7-8-18-9-12(14)15(20)19(2)10-11-5-3-4-6-13(11)16/h3-9H,10H2,1-2H3,(H,17,18). The zero-order chi connectivity index (χ0) is 14.5. The van der Waals surface area contributed by atoms with Gasteiger partial charge in [0.2, 0.25) is 0 Å². The molecule has 0 aliphatic carbocycles. The molecule has 4 nitrogen and oxygen atoms in total. The number of nitrogens with one attached hydrogen (secondary N) is 1. The number of anilines is 1. The summed E-state index contributed by atoms with van der Waals surface area (Å²) >= 11 is 6.11. The second kappa shape index (κ2) is 6.39. The molecule has 0 radical (unpaired) electrons. The predicted octanol–water partition coefficient (Wildman–Crippen LogP) is 3.05. The van der Waals surface area contributed by atoms with Gasteiger partial charge in [-0.25, -0.2) is 0 Å². The van der Waals surface area contributed by atoms with Crippen molar-refractivity contribution in [3.8, 4) is 0 Å². The highest BCUT2D eigenvalue weighted by Crippen LogP contribution is 2.19. The van der Waals surface area contributed by atoms with Crippen molar-refractivity contribution in [3.63, 3.8) is 0 Å². The minimum Gasteiger partial charge on any atom is -0.387 e. The Balaban J connectivity index is 2.19. The molecule has 0 spiro atoms. The number of carbonyl (C=O) groups excluding carboxylic acids is 1. The molecule has 0 aliphatic heterocycles. The van der Waals surface area contributed by atoms with E-state index in [0.717, 1.165) is 11.3 Å². The Morgan fingerprint density at radius 1 is 1.35 bits per heavy atom. The summed E-state index contributed by atoms with van der Waals surface area (Å²) in [5.41, 5.74) is 2.22. The molecule has 5 heteroatoms. The Morgan fingerprint density at radius 3 is 2.80 bits per heavy atom.